The van der Waals surface area contributed by atoms with Gasteiger partial charge in [0.25, 0.3) is 0 Å². The first-order valence-corrected chi connectivity index (χ1v) is 7.79. The fourth-order valence-electron chi connectivity index (χ4n) is 3.55. The molecular formula is C16H30N2O3. The van der Waals surface area contributed by atoms with Crippen molar-refractivity contribution in [2.45, 2.75) is 65.8 Å². The normalized spacial score (nSPS) is 22.9. The average molecular weight is 298 g/mol. The summed E-state index contributed by atoms with van der Waals surface area (Å²) in [5.41, 5.74) is -0.152. The highest BCUT2D eigenvalue weighted by atomic mass is 16.4. The second kappa shape index (κ2) is 6.67. The molecule has 0 bridgehead atoms. The zero-order chi connectivity index (χ0) is 16.3. The minimum Gasteiger partial charge on any atom is -0.481 e. The Hall–Kier alpha value is -1.26. The van der Waals surface area contributed by atoms with E-state index in [0.29, 0.717) is 6.54 Å². The molecule has 1 aliphatic carbocycles. The minimum absolute atomic E-state index is 0.0546. The highest BCUT2D eigenvalue weighted by Gasteiger charge is 2.33. The fraction of sp³-hybridized carbons (Fsp3) is 0.875. The third-order valence-electron chi connectivity index (χ3n) is 3.93. The van der Waals surface area contributed by atoms with E-state index in [-0.39, 0.29) is 28.8 Å². The number of carbonyl (C=O) groups is 2. The highest BCUT2D eigenvalue weighted by molar-refractivity contribution is 5.75. The molecule has 0 aliphatic heterocycles. The van der Waals surface area contributed by atoms with Gasteiger partial charge in [0.05, 0.1) is 5.92 Å². The van der Waals surface area contributed by atoms with Gasteiger partial charge in [-0.1, -0.05) is 27.2 Å². The maximum Gasteiger partial charge on any atom is 0.315 e. The molecule has 0 aromatic rings. The molecule has 5 heteroatoms. The maximum absolute atomic E-state index is 12.0. The van der Waals surface area contributed by atoms with Crippen molar-refractivity contribution in [3.63, 3.8) is 0 Å². The van der Waals surface area contributed by atoms with Crippen molar-refractivity contribution in [1.29, 1.82) is 0 Å². The second-order valence-corrected chi connectivity index (χ2v) is 8.09. The molecule has 0 spiro atoms. The lowest BCUT2D eigenvalue weighted by molar-refractivity contribution is -0.142. The number of urea groups is 1. The lowest BCUT2D eigenvalue weighted by Crippen LogP contribution is -2.51. The van der Waals surface area contributed by atoms with E-state index in [9.17, 15) is 9.59 Å². The van der Waals surface area contributed by atoms with Crippen LogP contribution in [0.25, 0.3) is 0 Å². The van der Waals surface area contributed by atoms with Crippen LogP contribution in [-0.4, -0.2) is 29.2 Å². The molecule has 5 nitrogen and oxygen atoms in total. The number of carbonyl (C=O) groups excluding carboxylic acids is 1. The van der Waals surface area contributed by atoms with Crippen LogP contribution in [0.1, 0.15) is 60.3 Å². The van der Waals surface area contributed by atoms with Gasteiger partial charge < -0.3 is 15.7 Å². The Morgan fingerprint density at radius 2 is 1.76 bits per heavy atom. The number of carboxylic acids is 1. The molecule has 0 radical (unpaired) electrons. The van der Waals surface area contributed by atoms with Crippen molar-refractivity contribution in [1.82, 2.24) is 10.6 Å². The van der Waals surface area contributed by atoms with Gasteiger partial charge in [-0.05, 0) is 44.4 Å². The Labute approximate surface area is 127 Å². The number of hydrogen-bond donors (Lipinski definition) is 3. The van der Waals surface area contributed by atoms with Crippen LogP contribution in [0.2, 0.25) is 0 Å². The van der Waals surface area contributed by atoms with Crippen molar-refractivity contribution >= 4 is 12.0 Å². The van der Waals surface area contributed by atoms with Crippen LogP contribution < -0.4 is 10.6 Å². The number of nitrogens with one attached hydrogen (secondary N) is 2. The summed E-state index contributed by atoms with van der Waals surface area (Å²) in [7, 11) is 0. The molecule has 0 saturated heterocycles. The largest absolute Gasteiger partial charge is 0.481 e. The molecule has 2 unspecified atom stereocenters. The summed E-state index contributed by atoms with van der Waals surface area (Å²) in [4.78, 5) is 23.1. The van der Waals surface area contributed by atoms with E-state index in [1.165, 1.54) is 0 Å². The molecule has 0 aromatic carbocycles. The van der Waals surface area contributed by atoms with Crippen molar-refractivity contribution in [3.8, 4) is 0 Å². The molecule has 2 amide bonds. The molecule has 2 atom stereocenters. The van der Waals surface area contributed by atoms with E-state index in [0.717, 1.165) is 25.7 Å². The predicted molar refractivity (Wildman–Crippen MR) is 83.2 cm³/mol. The van der Waals surface area contributed by atoms with E-state index < -0.39 is 5.97 Å². The van der Waals surface area contributed by atoms with Crippen molar-refractivity contribution in [3.05, 3.63) is 0 Å². The highest BCUT2D eigenvalue weighted by Crippen LogP contribution is 2.31. The summed E-state index contributed by atoms with van der Waals surface area (Å²) in [6.07, 6.45) is 3.40. The van der Waals surface area contributed by atoms with Crippen LogP contribution in [-0.2, 0) is 4.79 Å². The van der Waals surface area contributed by atoms with Gasteiger partial charge in [0.15, 0.2) is 0 Å². The Balaban J connectivity index is 2.42. The van der Waals surface area contributed by atoms with Crippen LogP contribution in [0.4, 0.5) is 4.79 Å². The van der Waals surface area contributed by atoms with Gasteiger partial charge in [-0.25, -0.2) is 4.79 Å². The average Bonchev–Trinajstić information content (AvgIpc) is 2.69. The van der Waals surface area contributed by atoms with Gasteiger partial charge in [-0.3, -0.25) is 4.79 Å². The maximum atomic E-state index is 12.0. The number of rotatable bonds is 5. The zero-order valence-corrected chi connectivity index (χ0v) is 14.0. The van der Waals surface area contributed by atoms with Crippen LogP contribution in [0.15, 0.2) is 0 Å². The Bertz CT molecular complexity index is 385. The van der Waals surface area contributed by atoms with Gasteiger partial charge in [-0.2, -0.15) is 0 Å². The van der Waals surface area contributed by atoms with Gasteiger partial charge in [0.2, 0.25) is 0 Å². The lowest BCUT2D eigenvalue weighted by atomic mass is 9.82. The quantitative estimate of drug-likeness (QED) is 0.730. The summed E-state index contributed by atoms with van der Waals surface area (Å²) in [6, 6.07) is -0.208. The van der Waals surface area contributed by atoms with Crippen molar-refractivity contribution in [2.75, 3.05) is 6.54 Å². The Morgan fingerprint density at radius 3 is 2.29 bits per heavy atom. The van der Waals surface area contributed by atoms with E-state index in [4.69, 9.17) is 5.11 Å². The smallest absolute Gasteiger partial charge is 0.315 e. The Kier molecular flexibility index (Phi) is 5.65. The summed E-state index contributed by atoms with van der Waals surface area (Å²) < 4.78 is 0. The SMILES string of the molecule is CC(C)(C)CC(C)(C)NC(=O)NCC1CCCC1C(=O)O. The first-order valence-electron chi connectivity index (χ1n) is 7.79. The third-order valence-corrected chi connectivity index (χ3v) is 3.93. The molecule has 1 rings (SSSR count). The first kappa shape index (κ1) is 17.8. The molecular weight excluding hydrogens is 268 g/mol. The van der Waals surface area contributed by atoms with E-state index in [1.54, 1.807) is 0 Å². The summed E-state index contributed by atoms with van der Waals surface area (Å²) in [5, 5.41) is 15.0. The predicted octanol–water partition coefficient (Wildman–Crippen LogP) is 3.00. The molecule has 1 saturated carbocycles. The molecule has 3 N–H and O–H groups in total. The van der Waals surface area contributed by atoms with Gasteiger partial charge in [0, 0.05) is 12.1 Å². The number of hydrogen-bond acceptors (Lipinski definition) is 2. The van der Waals surface area contributed by atoms with Gasteiger partial charge in [-0.15, -0.1) is 0 Å². The molecule has 0 heterocycles. The molecule has 122 valence electrons. The van der Waals surface area contributed by atoms with E-state index >= 15 is 0 Å². The van der Waals surface area contributed by atoms with Crippen LogP contribution in [0.5, 0.6) is 0 Å². The van der Waals surface area contributed by atoms with Crippen LogP contribution in [0.3, 0.4) is 0 Å². The Morgan fingerprint density at radius 1 is 1.14 bits per heavy atom. The summed E-state index contributed by atoms with van der Waals surface area (Å²) in [6.45, 7) is 10.9. The number of aliphatic carboxylic acids is 1. The molecule has 0 aromatic heterocycles. The monoisotopic (exact) mass is 298 g/mol. The zero-order valence-electron chi connectivity index (χ0n) is 14.0. The molecule has 1 fully saturated rings. The van der Waals surface area contributed by atoms with Crippen LogP contribution in [0, 0.1) is 17.3 Å². The number of amides is 2. The van der Waals surface area contributed by atoms with Crippen molar-refractivity contribution < 1.29 is 14.7 Å². The fourth-order valence-corrected chi connectivity index (χ4v) is 3.55. The minimum atomic E-state index is -0.743. The van der Waals surface area contributed by atoms with E-state index in [1.807, 2.05) is 13.8 Å². The van der Waals surface area contributed by atoms with Crippen molar-refractivity contribution in [2.24, 2.45) is 17.3 Å². The molecule has 21 heavy (non-hydrogen) atoms. The summed E-state index contributed by atoms with van der Waals surface area (Å²) in [5.74, 6) is -1.00. The first-order chi connectivity index (χ1) is 9.50. The second-order valence-electron chi connectivity index (χ2n) is 8.09. The molecule has 1 aliphatic rings. The summed E-state index contributed by atoms with van der Waals surface area (Å²) >= 11 is 0. The topological polar surface area (TPSA) is 78.4 Å². The lowest BCUT2D eigenvalue weighted by Gasteiger charge is -2.33. The van der Waals surface area contributed by atoms with E-state index in [2.05, 4.69) is 31.4 Å². The van der Waals surface area contributed by atoms with Gasteiger partial charge >= 0.3 is 12.0 Å². The number of carboxylic acid groups (broad SMARTS) is 1. The standard InChI is InChI=1S/C16H30N2O3/c1-15(2,3)10-16(4,5)18-14(21)17-9-11-7-6-8-12(11)13(19)20/h11-12H,6-10H2,1-5H3,(H,19,20)(H2,17,18,21). The van der Waals surface area contributed by atoms with Gasteiger partial charge in [0.1, 0.15) is 0 Å². The van der Waals surface area contributed by atoms with Crippen LogP contribution >= 0.6 is 0 Å². The third kappa shape index (κ3) is 6.36.